The number of hydrogen-bond acceptors (Lipinski definition) is 5. The van der Waals surface area contributed by atoms with E-state index in [0.717, 1.165) is 48.1 Å². The van der Waals surface area contributed by atoms with E-state index in [-0.39, 0.29) is 17.7 Å². The summed E-state index contributed by atoms with van der Waals surface area (Å²) in [5, 5.41) is 8.22. The third-order valence-electron chi connectivity index (χ3n) is 6.31. The highest BCUT2D eigenvalue weighted by atomic mass is 16.6. The molecule has 3 aromatic rings. The number of anilines is 1. The van der Waals surface area contributed by atoms with Gasteiger partial charge in [-0.1, -0.05) is 12.1 Å². The van der Waals surface area contributed by atoms with E-state index in [0.29, 0.717) is 18.0 Å². The average Bonchev–Trinajstić information content (AvgIpc) is 2.81. The molecular formula is C28H35N3O4. The van der Waals surface area contributed by atoms with Gasteiger partial charge in [0.1, 0.15) is 11.4 Å². The van der Waals surface area contributed by atoms with E-state index < -0.39 is 5.60 Å². The summed E-state index contributed by atoms with van der Waals surface area (Å²) < 4.78 is 12.3. The van der Waals surface area contributed by atoms with Crippen LogP contribution in [-0.4, -0.2) is 35.5 Å². The van der Waals surface area contributed by atoms with E-state index in [4.69, 9.17) is 9.47 Å². The lowest BCUT2D eigenvalue weighted by Crippen LogP contribution is -2.42. The van der Waals surface area contributed by atoms with Crippen LogP contribution in [0, 0.1) is 0 Å². The second kappa shape index (κ2) is 10.4. The zero-order valence-electron chi connectivity index (χ0n) is 21.0. The molecule has 7 nitrogen and oxygen atoms in total. The Bertz CT molecular complexity index is 1220. The predicted octanol–water partition coefficient (Wildman–Crippen LogP) is 5.31. The first-order chi connectivity index (χ1) is 16.7. The van der Waals surface area contributed by atoms with Gasteiger partial charge < -0.3 is 24.7 Å². The number of amides is 1. The van der Waals surface area contributed by atoms with Crippen LogP contribution in [0.25, 0.3) is 10.8 Å². The fourth-order valence-corrected chi connectivity index (χ4v) is 4.52. The molecule has 1 heterocycles. The number of ether oxygens (including phenoxy) is 2. The highest BCUT2D eigenvalue weighted by molar-refractivity contribution is 5.84. The molecule has 0 atom stereocenters. The molecule has 7 heteroatoms. The predicted molar refractivity (Wildman–Crippen MR) is 139 cm³/mol. The Morgan fingerprint density at radius 2 is 1.69 bits per heavy atom. The molecule has 1 amide bonds. The fraction of sp³-hybridized carbons (Fsp3) is 0.429. The van der Waals surface area contributed by atoms with Crippen LogP contribution in [0.15, 0.2) is 59.5 Å². The lowest BCUT2D eigenvalue weighted by molar-refractivity contribution is 0.0492. The van der Waals surface area contributed by atoms with Crippen molar-refractivity contribution in [1.29, 1.82) is 0 Å². The summed E-state index contributed by atoms with van der Waals surface area (Å²) in [6.45, 7) is 6.12. The third kappa shape index (κ3) is 6.56. The van der Waals surface area contributed by atoms with Gasteiger partial charge in [0, 0.05) is 29.4 Å². The van der Waals surface area contributed by atoms with Gasteiger partial charge in [0.05, 0.1) is 13.7 Å². The van der Waals surface area contributed by atoms with Gasteiger partial charge in [0.25, 0.3) is 5.56 Å². The topological polar surface area (TPSA) is 81.6 Å². The molecule has 2 N–H and O–H groups in total. The largest absolute Gasteiger partial charge is 0.497 e. The Hall–Kier alpha value is -3.48. The van der Waals surface area contributed by atoms with E-state index in [9.17, 15) is 9.59 Å². The van der Waals surface area contributed by atoms with Crippen LogP contribution in [0.2, 0.25) is 0 Å². The smallest absolute Gasteiger partial charge is 0.407 e. The van der Waals surface area contributed by atoms with Crippen molar-refractivity contribution >= 4 is 22.6 Å². The molecule has 4 rings (SSSR count). The van der Waals surface area contributed by atoms with Gasteiger partial charge >= 0.3 is 6.09 Å². The Kier molecular flexibility index (Phi) is 7.34. The van der Waals surface area contributed by atoms with Crippen molar-refractivity contribution in [2.24, 2.45) is 0 Å². The molecule has 1 fully saturated rings. The van der Waals surface area contributed by atoms with Crippen molar-refractivity contribution < 1.29 is 14.3 Å². The van der Waals surface area contributed by atoms with Crippen LogP contribution in [-0.2, 0) is 11.3 Å². The minimum absolute atomic E-state index is 0.00130. The minimum Gasteiger partial charge on any atom is -0.497 e. The molecule has 0 aliphatic heterocycles. The zero-order chi connectivity index (χ0) is 25.0. The summed E-state index contributed by atoms with van der Waals surface area (Å²) in [5.41, 5.74) is 1.56. The molecule has 1 saturated carbocycles. The average molecular weight is 478 g/mol. The number of nitrogens with zero attached hydrogens (tertiary/aromatic N) is 1. The van der Waals surface area contributed by atoms with E-state index in [1.807, 2.05) is 75.5 Å². The maximum absolute atomic E-state index is 13.0. The van der Waals surface area contributed by atoms with Gasteiger partial charge in [-0.2, -0.15) is 0 Å². The summed E-state index contributed by atoms with van der Waals surface area (Å²) in [6.07, 6.45) is 5.23. The molecule has 0 bridgehead atoms. The number of nitrogens with one attached hydrogen (secondary N) is 2. The Balaban J connectivity index is 1.36. The first-order valence-electron chi connectivity index (χ1n) is 12.2. The first-order valence-corrected chi connectivity index (χ1v) is 12.2. The molecule has 35 heavy (non-hydrogen) atoms. The van der Waals surface area contributed by atoms with Crippen LogP contribution >= 0.6 is 0 Å². The fourth-order valence-electron chi connectivity index (χ4n) is 4.52. The zero-order valence-corrected chi connectivity index (χ0v) is 21.0. The third-order valence-corrected chi connectivity index (χ3v) is 6.31. The highest BCUT2D eigenvalue weighted by Gasteiger charge is 2.24. The Morgan fingerprint density at radius 3 is 2.34 bits per heavy atom. The summed E-state index contributed by atoms with van der Waals surface area (Å²) >= 11 is 0. The van der Waals surface area contributed by atoms with Crippen LogP contribution in [0.3, 0.4) is 0 Å². The van der Waals surface area contributed by atoms with Crippen LogP contribution < -0.4 is 20.9 Å². The number of rotatable bonds is 6. The Labute approximate surface area is 206 Å². The quantitative estimate of drug-likeness (QED) is 0.503. The van der Waals surface area contributed by atoms with E-state index in [1.54, 1.807) is 11.7 Å². The van der Waals surface area contributed by atoms with Crippen LogP contribution in [0.4, 0.5) is 10.5 Å². The number of pyridine rings is 1. The summed E-state index contributed by atoms with van der Waals surface area (Å²) in [6, 6.07) is 16.1. The number of carbonyl (C=O) groups excluding carboxylic acids is 1. The number of aromatic nitrogens is 1. The summed E-state index contributed by atoms with van der Waals surface area (Å²) in [7, 11) is 1.64. The SMILES string of the molecule is COc1ccc(Cn2ccc3cc(N[C@H]4CC[C@@H](NC(=O)OC(C)(C)C)CC4)ccc3c2=O)cc1. The normalized spacial score (nSPS) is 18.2. The molecule has 1 aliphatic carbocycles. The standard InChI is InChI=1S/C28H35N3O4/c1-28(2,3)35-27(33)30-22-9-7-21(8-10-22)29-23-11-14-25-20(17-23)15-16-31(26(25)32)18-19-5-12-24(34-4)13-6-19/h5-6,11-17,21-22,29H,7-10,18H2,1-4H3,(H,30,33)/t21-,22+. The minimum atomic E-state index is -0.488. The monoisotopic (exact) mass is 477 g/mol. The van der Waals surface area contributed by atoms with Gasteiger partial charge in [-0.05, 0) is 93.8 Å². The Morgan fingerprint density at radius 1 is 1.00 bits per heavy atom. The molecule has 0 unspecified atom stereocenters. The van der Waals surface area contributed by atoms with Crippen molar-refractivity contribution in [2.45, 2.75) is 70.7 Å². The van der Waals surface area contributed by atoms with Crippen LogP contribution in [0.1, 0.15) is 52.0 Å². The van der Waals surface area contributed by atoms with Crippen LogP contribution in [0.5, 0.6) is 5.75 Å². The van der Waals surface area contributed by atoms with E-state index >= 15 is 0 Å². The molecule has 186 valence electrons. The van der Waals surface area contributed by atoms with Gasteiger partial charge in [-0.25, -0.2) is 4.79 Å². The number of alkyl carbamates (subject to hydrolysis) is 1. The van der Waals surface area contributed by atoms with Gasteiger partial charge in [-0.3, -0.25) is 4.79 Å². The first kappa shape index (κ1) is 24.6. The van der Waals surface area contributed by atoms with Crippen molar-refractivity contribution in [3.63, 3.8) is 0 Å². The lowest BCUT2D eigenvalue weighted by Gasteiger charge is -2.31. The molecule has 2 aromatic carbocycles. The van der Waals surface area contributed by atoms with Crippen molar-refractivity contribution in [2.75, 3.05) is 12.4 Å². The molecular weight excluding hydrogens is 442 g/mol. The second-order valence-electron chi connectivity index (χ2n) is 10.2. The highest BCUT2D eigenvalue weighted by Crippen LogP contribution is 2.24. The van der Waals surface area contributed by atoms with E-state index in [2.05, 4.69) is 10.6 Å². The summed E-state index contributed by atoms with van der Waals surface area (Å²) in [4.78, 5) is 25.1. The number of benzene rings is 2. The number of methoxy groups -OCH3 is 1. The molecule has 1 aromatic heterocycles. The van der Waals surface area contributed by atoms with Crippen molar-refractivity contribution in [1.82, 2.24) is 9.88 Å². The number of hydrogen-bond donors (Lipinski definition) is 2. The number of carbonyl (C=O) groups is 1. The maximum Gasteiger partial charge on any atom is 0.407 e. The molecule has 0 spiro atoms. The summed E-state index contributed by atoms with van der Waals surface area (Å²) in [5.74, 6) is 0.799. The molecule has 0 radical (unpaired) electrons. The van der Waals surface area contributed by atoms with Gasteiger partial charge in [-0.15, -0.1) is 0 Å². The maximum atomic E-state index is 13.0. The van der Waals surface area contributed by atoms with Crippen molar-refractivity contribution in [3.05, 3.63) is 70.6 Å². The van der Waals surface area contributed by atoms with Gasteiger partial charge in [0.15, 0.2) is 0 Å². The molecule has 0 saturated heterocycles. The van der Waals surface area contributed by atoms with Crippen molar-refractivity contribution in [3.8, 4) is 5.75 Å². The second-order valence-corrected chi connectivity index (χ2v) is 10.2. The van der Waals surface area contributed by atoms with Gasteiger partial charge in [0.2, 0.25) is 0 Å². The van der Waals surface area contributed by atoms with E-state index in [1.165, 1.54) is 0 Å². The lowest BCUT2D eigenvalue weighted by atomic mass is 9.91. The number of fused-ring (bicyclic) bond motifs is 1. The molecule has 1 aliphatic rings.